The minimum atomic E-state index is -0.128. The minimum absolute atomic E-state index is 0.128. The maximum absolute atomic E-state index is 12.5. The molecule has 0 spiro atoms. The second kappa shape index (κ2) is 9.89. The second-order valence-electron chi connectivity index (χ2n) is 8.35. The van der Waals surface area contributed by atoms with Crippen LogP contribution < -0.4 is 19.7 Å². The lowest BCUT2D eigenvalue weighted by Crippen LogP contribution is -2.43. The number of hydrogen-bond acceptors (Lipinski definition) is 6. The summed E-state index contributed by atoms with van der Waals surface area (Å²) in [5.74, 6) is 3.27. The number of amides is 2. The number of urea groups is 1. The van der Waals surface area contributed by atoms with E-state index in [9.17, 15) is 4.79 Å². The Morgan fingerprint density at radius 1 is 1.25 bits per heavy atom. The van der Waals surface area contributed by atoms with Crippen molar-refractivity contribution in [2.45, 2.75) is 32.7 Å². The summed E-state index contributed by atoms with van der Waals surface area (Å²) in [5, 5.41) is 2.85. The number of carbonyl (C=O) groups excluding carboxylic acids is 1. The molecule has 8 heteroatoms. The van der Waals surface area contributed by atoms with Gasteiger partial charge in [0.25, 0.3) is 0 Å². The molecule has 170 valence electrons. The van der Waals surface area contributed by atoms with Gasteiger partial charge >= 0.3 is 6.03 Å². The van der Waals surface area contributed by atoms with Crippen LogP contribution in [0.5, 0.6) is 17.4 Å². The van der Waals surface area contributed by atoms with E-state index < -0.39 is 0 Å². The Balaban J connectivity index is 1.65. The molecule has 0 aliphatic carbocycles. The summed E-state index contributed by atoms with van der Waals surface area (Å²) in [6.07, 6.45) is 4.58. The highest BCUT2D eigenvalue weighted by molar-refractivity contribution is 5.74. The second-order valence-corrected chi connectivity index (χ2v) is 8.35. The lowest BCUT2D eigenvalue weighted by molar-refractivity contribution is 0.192. The molecule has 3 heterocycles. The van der Waals surface area contributed by atoms with Crippen molar-refractivity contribution in [3.63, 3.8) is 0 Å². The summed E-state index contributed by atoms with van der Waals surface area (Å²) in [7, 11) is 1.63. The number of hydrogen-bond donors (Lipinski definition) is 1. The molecule has 2 aliphatic heterocycles. The van der Waals surface area contributed by atoms with Gasteiger partial charge in [0.1, 0.15) is 11.5 Å². The van der Waals surface area contributed by atoms with E-state index in [4.69, 9.17) is 19.4 Å². The lowest BCUT2D eigenvalue weighted by Gasteiger charge is -2.33. The van der Waals surface area contributed by atoms with Gasteiger partial charge in [-0.05, 0) is 30.9 Å². The SMILES string of the molecule is C=CCNC(=O)N1CCc2nc(N3CCC(C)CC3)nc(Oc3cccc(OC)c3)c2C1. The van der Waals surface area contributed by atoms with Crippen LogP contribution in [0, 0.1) is 5.92 Å². The molecule has 1 fully saturated rings. The summed E-state index contributed by atoms with van der Waals surface area (Å²) >= 11 is 0. The number of nitrogens with one attached hydrogen (secondary N) is 1. The van der Waals surface area contributed by atoms with Crippen LogP contribution >= 0.6 is 0 Å². The molecule has 2 amide bonds. The van der Waals surface area contributed by atoms with E-state index in [2.05, 4.69) is 23.7 Å². The Labute approximate surface area is 189 Å². The molecule has 1 saturated heterocycles. The first-order valence-electron chi connectivity index (χ1n) is 11.2. The van der Waals surface area contributed by atoms with E-state index >= 15 is 0 Å². The molecule has 4 rings (SSSR count). The molecule has 0 radical (unpaired) electrons. The molecular weight excluding hydrogens is 406 g/mol. The van der Waals surface area contributed by atoms with E-state index in [1.807, 2.05) is 24.3 Å². The third kappa shape index (κ3) is 4.95. The maximum atomic E-state index is 12.5. The molecule has 1 aromatic carbocycles. The van der Waals surface area contributed by atoms with Crippen molar-refractivity contribution in [2.75, 3.05) is 38.2 Å². The molecule has 1 aromatic heterocycles. The predicted octanol–water partition coefficient (Wildman–Crippen LogP) is 3.77. The number of ether oxygens (including phenoxy) is 2. The Morgan fingerprint density at radius 2 is 2.03 bits per heavy atom. The highest BCUT2D eigenvalue weighted by atomic mass is 16.5. The average Bonchev–Trinajstić information content (AvgIpc) is 2.82. The van der Waals surface area contributed by atoms with Crippen LogP contribution in [0.1, 0.15) is 31.0 Å². The van der Waals surface area contributed by atoms with Crippen LogP contribution in [0.3, 0.4) is 0 Å². The fourth-order valence-electron chi connectivity index (χ4n) is 4.03. The first kappa shape index (κ1) is 21.9. The standard InChI is InChI=1S/C24H31N5O3/c1-4-11-25-24(30)29-14-10-21-20(16-29)22(32-19-7-5-6-18(15-19)31-3)27-23(26-21)28-12-8-17(2)9-13-28/h4-7,15,17H,1,8-14,16H2,2-3H3,(H,25,30). The van der Waals surface area contributed by atoms with E-state index in [1.165, 1.54) is 0 Å². The summed E-state index contributed by atoms with van der Waals surface area (Å²) in [4.78, 5) is 26.2. The normalized spacial score (nSPS) is 16.3. The van der Waals surface area contributed by atoms with Crippen molar-refractivity contribution in [1.82, 2.24) is 20.2 Å². The number of nitrogens with zero attached hydrogens (tertiary/aromatic N) is 4. The Morgan fingerprint density at radius 3 is 2.78 bits per heavy atom. The molecule has 32 heavy (non-hydrogen) atoms. The van der Waals surface area contributed by atoms with E-state index in [-0.39, 0.29) is 6.03 Å². The van der Waals surface area contributed by atoms with Gasteiger partial charge in [-0.2, -0.15) is 4.98 Å². The van der Waals surface area contributed by atoms with Crippen LogP contribution in [0.2, 0.25) is 0 Å². The van der Waals surface area contributed by atoms with Crippen molar-refractivity contribution in [1.29, 1.82) is 0 Å². The number of anilines is 1. The molecule has 0 saturated carbocycles. The van der Waals surface area contributed by atoms with Crippen molar-refractivity contribution in [2.24, 2.45) is 5.92 Å². The number of aromatic nitrogens is 2. The molecular formula is C24H31N5O3. The molecule has 8 nitrogen and oxygen atoms in total. The van der Waals surface area contributed by atoms with Gasteiger partial charge in [0, 0.05) is 38.7 Å². The summed E-state index contributed by atoms with van der Waals surface area (Å²) in [5.41, 5.74) is 1.79. The summed E-state index contributed by atoms with van der Waals surface area (Å²) in [6, 6.07) is 7.32. The number of carbonyl (C=O) groups is 1. The fourth-order valence-corrected chi connectivity index (χ4v) is 4.03. The van der Waals surface area contributed by atoms with Gasteiger partial charge in [-0.15, -0.1) is 6.58 Å². The van der Waals surface area contributed by atoms with E-state index in [1.54, 1.807) is 18.1 Å². The van der Waals surface area contributed by atoms with E-state index in [0.717, 1.165) is 43.1 Å². The molecule has 1 N–H and O–H groups in total. The van der Waals surface area contributed by atoms with E-state index in [0.29, 0.717) is 49.4 Å². The topological polar surface area (TPSA) is 79.8 Å². The van der Waals surface area contributed by atoms with Gasteiger partial charge < -0.3 is 24.6 Å². The van der Waals surface area contributed by atoms with Crippen LogP contribution in [0.25, 0.3) is 0 Å². The molecule has 2 aromatic rings. The number of rotatable bonds is 6. The van der Waals surface area contributed by atoms with Gasteiger partial charge in [0.05, 0.1) is 24.9 Å². The lowest BCUT2D eigenvalue weighted by atomic mass is 9.99. The van der Waals surface area contributed by atoms with Gasteiger partial charge in [-0.25, -0.2) is 9.78 Å². The smallest absolute Gasteiger partial charge is 0.317 e. The van der Waals surface area contributed by atoms with Crippen LogP contribution in [0.15, 0.2) is 36.9 Å². The highest BCUT2D eigenvalue weighted by Crippen LogP contribution is 2.33. The van der Waals surface area contributed by atoms with Crippen LogP contribution in [-0.4, -0.2) is 54.2 Å². The van der Waals surface area contributed by atoms with Gasteiger partial charge in [0.15, 0.2) is 0 Å². The predicted molar refractivity (Wildman–Crippen MR) is 123 cm³/mol. The number of methoxy groups -OCH3 is 1. The Bertz CT molecular complexity index is 972. The van der Waals surface area contributed by atoms with Crippen molar-refractivity contribution in [3.05, 3.63) is 48.2 Å². The molecule has 0 unspecified atom stereocenters. The van der Waals surface area contributed by atoms with Crippen molar-refractivity contribution in [3.8, 4) is 17.4 Å². The Kier molecular flexibility index (Phi) is 6.78. The first-order chi connectivity index (χ1) is 15.6. The van der Waals surface area contributed by atoms with Gasteiger partial charge in [-0.1, -0.05) is 19.1 Å². The minimum Gasteiger partial charge on any atom is -0.497 e. The fraction of sp³-hybridized carbons (Fsp3) is 0.458. The van der Waals surface area contributed by atoms with Crippen LogP contribution in [-0.2, 0) is 13.0 Å². The average molecular weight is 438 g/mol. The third-order valence-electron chi connectivity index (χ3n) is 6.02. The molecule has 0 atom stereocenters. The zero-order chi connectivity index (χ0) is 22.5. The van der Waals surface area contributed by atoms with Crippen molar-refractivity contribution < 1.29 is 14.3 Å². The number of fused-ring (bicyclic) bond motifs is 1. The number of benzene rings is 1. The third-order valence-corrected chi connectivity index (χ3v) is 6.02. The number of piperidine rings is 1. The summed E-state index contributed by atoms with van der Waals surface area (Å²) in [6.45, 7) is 9.25. The molecule has 0 bridgehead atoms. The highest BCUT2D eigenvalue weighted by Gasteiger charge is 2.28. The quantitative estimate of drug-likeness (QED) is 0.693. The first-order valence-corrected chi connectivity index (χ1v) is 11.2. The summed E-state index contributed by atoms with van der Waals surface area (Å²) < 4.78 is 11.6. The Hall–Kier alpha value is -3.29. The maximum Gasteiger partial charge on any atom is 0.317 e. The monoisotopic (exact) mass is 437 g/mol. The molecule has 2 aliphatic rings. The zero-order valence-corrected chi connectivity index (χ0v) is 18.8. The van der Waals surface area contributed by atoms with Gasteiger partial charge in [0.2, 0.25) is 11.8 Å². The zero-order valence-electron chi connectivity index (χ0n) is 18.8. The van der Waals surface area contributed by atoms with Gasteiger partial charge in [-0.3, -0.25) is 0 Å². The van der Waals surface area contributed by atoms with Crippen LogP contribution in [0.4, 0.5) is 10.7 Å². The largest absolute Gasteiger partial charge is 0.497 e. The van der Waals surface area contributed by atoms with Crippen molar-refractivity contribution >= 4 is 12.0 Å².